The third-order valence-electron chi connectivity index (χ3n) is 2.77. The molecule has 2 N–H and O–H groups in total. The maximum Gasteiger partial charge on any atom is 0.389 e. The summed E-state index contributed by atoms with van der Waals surface area (Å²) in [6.45, 7) is 0.0293. The number of rotatable bonds is 7. The highest BCUT2D eigenvalue weighted by atomic mass is 19.4. The minimum absolute atomic E-state index is 0.00759. The number of hydrogen-bond donors (Lipinski definition) is 2. The van der Waals surface area contributed by atoms with Crippen LogP contribution in [0, 0.1) is 0 Å². The van der Waals surface area contributed by atoms with Gasteiger partial charge in [0.1, 0.15) is 0 Å². The highest BCUT2D eigenvalue weighted by Crippen LogP contribution is 2.22. The summed E-state index contributed by atoms with van der Waals surface area (Å²) in [5.74, 6) is -1.41. The standard InChI is InChI=1S/C14H16F3NO3/c15-14(16,17)8-1-2-10-3-5-11(6-4-10)13(21)18-9-7-12(19)20/h3-6H,1-2,7-9H2,(H,18,21)(H,19,20). The lowest BCUT2D eigenvalue weighted by molar-refractivity contribution is -0.137. The van der Waals surface area contributed by atoms with E-state index in [4.69, 9.17) is 5.11 Å². The first-order valence-electron chi connectivity index (χ1n) is 6.43. The number of aryl methyl sites for hydroxylation is 1. The lowest BCUT2D eigenvalue weighted by Crippen LogP contribution is -2.25. The zero-order valence-corrected chi connectivity index (χ0v) is 11.2. The van der Waals surface area contributed by atoms with Crippen LogP contribution in [0.1, 0.15) is 35.2 Å². The monoisotopic (exact) mass is 303 g/mol. The minimum Gasteiger partial charge on any atom is -0.481 e. The molecule has 0 heterocycles. The lowest BCUT2D eigenvalue weighted by Gasteiger charge is -2.07. The molecule has 1 aromatic carbocycles. The first-order valence-corrected chi connectivity index (χ1v) is 6.43. The molecule has 1 amide bonds. The van der Waals surface area contributed by atoms with Crippen LogP contribution in [0.25, 0.3) is 0 Å². The predicted molar refractivity (Wildman–Crippen MR) is 70.0 cm³/mol. The molecule has 4 nitrogen and oxygen atoms in total. The third kappa shape index (κ3) is 7.34. The van der Waals surface area contributed by atoms with E-state index >= 15 is 0 Å². The van der Waals surface area contributed by atoms with Crippen molar-refractivity contribution in [3.63, 3.8) is 0 Å². The second-order valence-electron chi connectivity index (χ2n) is 4.57. The smallest absolute Gasteiger partial charge is 0.389 e. The number of carboxylic acids is 1. The molecule has 0 aliphatic rings. The number of carbonyl (C=O) groups is 2. The summed E-state index contributed by atoms with van der Waals surface area (Å²) < 4.78 is 36.0. The molecule has 0 radical (unpaired) electrons. The SMILES string of the molecule is O=C(O)CCNC(=O)c1ccc(CCCC(F)(F)F)cc1. The molecule has 0 atom stereocenters. The van der Waals surface area contributed by atoms with Gasteiger partial charge in [0.25, 0.3) is 5.91 Å². The van der Waals surface area contributed by atoms with Crippen LogP contribution in [0.2, 0.25) is 0 Å². The van der Waals surface area contributed by atoms with Crippen LogP contribution in [-0.4, -0.2) is 29.7 Å². The van der Waals surface area contributed by atoms with Gasteiger partial charge in [-0.2, -0.15) is 13.2 Å². The highest BCUT2D eigenvalue weighted by molar-refractivity contribution is 5.94. The van der Waals surface area contributed by atoms with Gasteiger partial charge in [0.05, 0.1) is 6.42 Å². The van der Waals surface area contributed by atoms with Crippen molar-refractivity contribution in [1.29, 1.82) is 0 Å². The summed E-state index contributed by atoms with van der Waals surface area (Å²) >= 11 is 0. The van der Waals surface area contributed by atoms with E-state index in [0.29, 0.717) is 12.0 Å². The van der Waals surface area contributed by atoms with Crippen molar-refractivity contribution >= 4 is 11.9 Å². The number of alkyl halides is 3. The van der Waals surface area contributed by atoms with Gasteiger partial charge in [-0.3, -0.25) is 9.59 Å². The summed E-state index contributed by atoms with van der Waals surface area (Å²) in [6, 6.07) is 6.23. The molecule has 0 aliphatic carbocycles. The Morgan fingerprint density at radius 2 is 1.76 bits per heavy atom. The molecule has 0 unspecified atom stereocenters. The highest BCUT2D eigenvalue weighted by Gasteiger charge is 2.25. The van der Waals surface area contributed by atoms with Crippen molar-refractivity contribution < 1.29 is 27.9 Å². The summed E-state index contributed by atoms with van der Waals surface area (Å²) in [7, 11) is 0. The fourth-order valence-electron chi connectivity index (χ4n) is 1.70. The van der Waals surface area contributed by atoms with Crippen LogP contribution < -0.4 is 5.32 Å². The zero-order chi connectivity index (χ0) is 15.9. The second-order valence-corrected chi connectivity index (χ2v) is 4.57. The number of halogens is 3. The van der Waals surface area contributed by atoms with Crippen LogP contribution in [0.15, 0.2) is 24.3 Å². The van der Waals surface area contributed by atoms with Crippen LogP contribution in [0.3, 0.4) is 0 Å². The molecule has 0 spiro atoms. The first kappa shape index (κ1) is 17.0. The van der Waals surface area contributed by atoms with Gasteiger partial charge in [0.15, 0.2) is 0 Å². The van der Waals surface area contributed by atoms with Crippen molar-refractivity contribution in [2.24, 2.45) is 0 Å². The quantitative estimate of drug-likeness (QED) is 0.814. The lowest BCUT2D eigenvalue weighted by atomic mass is 10.1. The van der Waals surface area contributed by atoms with E-state index in [0.717, 1.165) is 5.56 Å². The zero-order valence-electron chi connectivity index (χ0n) is 11.2. The van der Waals surface area contributed by atoms with Gasteiger partial charge in [-0.05, 0) is 30.5 Å². The summed E-state index contributed by atoms with van der Waals surface area (Å²) in [4.78, 5) is 21.9. The molecular formula is C14H16F3NO3. The van der Waals surface area contributed by atoms with Gasteiger partial charge in [0.2, 0.25) is 0 Å². The molecule has 1 aromatic rings. The molecule has 21 heavy (non-hydrogen) atoms. The Bertz CT molecular complexity index is 483. The molecule has 116 valence electrons. The van der Waals surface area contributed by atoms with Gasteiger partial charge >= 0.3 is 12.1 Å². The van der Waals surface area contributed by atoms with Crippen molar-refractivity contribution in [1.82, 2.24) is 5.32 Å². The van der Waals surface area contributed by atoms with E-state index in [-0.39, 0.29) is 19.4 Å². The minimum atomic E-state index is -4.15. The van der Waals surface area contributed by atoms with Crippen molar-refractivity contribution in [2.75, 3.05) is 6.54 Å². The normalized spacial score (nSPS) is 11.2. The molecule has 1 rings (SSSR count). The van der Waals surface area contributed by atoms with Gasteiger partial charge in [-0.25, -0.2) is 0 Å². The number of benzene rings is 1. The first-order chi connectivity index (χ1) is 9.78. The van der Waals surface area contributed by atoms with E-state index < -0.39 is 24.5 Å². The van der Waals surface area contributed by atoms with E-state index in [9.17, 15) is 22.8 Å². The van der Waals surface area contributed by atoms with E-state index in [1.165, 1.54) is 12.1 Å². The van der Waals surface area contributed by atoms with Gasteiger partial charge in [-0.1, -0.05) is 12.1 Å². The molecular weight excluding hydrogens is 287 g/mol. The fraction of sp³-hybridized carbons (Fsp3) is 0.429. The summed E-state index contributed by atoms with van der Waals surface area (Å²) in [5, 5.41) is 10.9. The molecule has 7 heteroatoms. The molecule has 0 bridgehead atoms. The van der Waals surface area contributed by atoms with Crippen LogP contribution in [-0.2, 0) is 11.2 Å². The largest absolute Gasteiger partial charge is 0.481 e. The Hall–Kier alpha value is -2.05. The molecule has 0 aliphatic heterocycles. The van der Waals surface area contributed by atoms with Crippen molar-refractivity contribution in [2.45, 2.75) is 31.9 Å². The number of carbonyl (C=O) groups excluding carboxylic acids is 1. The molecule has 0 saturated carbocycles. The Balaban J connectivity index is 2.42. The topological polar surface area (TPSA) is 66.4 Å². The van der Waals surface area contributed by atoms with Crippen LogP contribution in [0.5, 0.6) is 0 Å². The van der Waals surface area contributed by atoms with E-state index in [1.807, 2.05) is 0 Å². The van der Waals surface area contributed by atoms with Gasteiger partial charge < -0.3 is 10.4 Å². The maximum atomic E-state index is 12.0. The van der Waals surface area contributed by atoms with Gasteiger partial charge in [0, 0.05) is 18.5 Å². The number of hydrogen-bond acceptors (Lipinski definition) is 2. The fourth-order valence-corrected chi connectivity index (χ4v) is 1.70. The number of amides is 1. The number of carboxylic acid groups (broad SMARTS) is 1. The Kier molecular flexibility index (Phi) is 6.20. The number of aliphatic carboxylic acids is 1. The molecule has 0 aromatic heterocycles. The second kappa shape index (κ2) is 7.66. The maximum absolute atomic E-state index is 12.0. The van der Waals surface area contributed by atoms with Crippen LogP contribution >= 0.6 is 0 Å². The van der Waals surface area contributed by atoms with Gasteiger partial charge in [-0.15, -0.1) is 0 Å². The van der Waals surface area contributed by atoms with E-state index in [2.05, 4.69) is 5.32 Å². The molecule has 0 fully saturated rings. The summed E-state index contributed by atoms with van der Waals surface area (Å²) in [6.07, 6.45) is -4.84. The Morgan fingerprint density at radius 3 is 2.29 bits per heavy atom. The van der Waals surface area contributed by atoms with Crippen molar-refractivity contribution in [3.8, 4) is 0 Å². The average Bonchev–Trinajstić information content (AvgIpc) is 2.37. The van der Waals surface area contributed by atoms with E-state index in [1.54, 1.807) is 12.1 Å². The number of nitrogens with one attached hydrogen (secondary N) is 1. The van der Waals surface area contributed by atoms with Crippen molar-refractivity contribution in [3.05, 3.63) is 35.4 Å². The molecule has 0 saturated heterocycles. The van der Waals surface area contributed by atoms with Crippen LogP contribution in [0.4, 0.5) is 13.2 Å². The Morgan fingerprint density at radius 1 is 1.14 bits per heavy atom. The average molecular weight is 303 g/mol. The predicted octanol–water partition coefficient (Wildman–Crippen LogP) is 2.78. The Labute approximate surface area is 120 Å². The summed E-state index contributed by atoms with van der Waals surface area (Å²) in [5.41, 5.74) is 1.07. The third-order valence-corrected chi connectivity index (χ3v) is 2.77.